The Kier molecular flexibility index (Phi) is 26.6. The Morgan fingerprint density at radius 2 is 0.689 bits per heavy atom. The van der Waals surface area contributed by atoms with Crippen molar-refractivity contribution in [2.45, 2.75) is 165 Å². The van der Waals surface area contributed by atoms with Crippen molar-refractivity contribution in [3.63, 3.8) is 0 Å². The summed E-state index contributed by atoms with van der Waals surface area (Å²) in [7, 11) is 0. The molecule has 0 aliphatic heterocycles. The number of nitrogens with zero attached hydrogens (tertiary/aromatic N) is 6. The zero-order chi connectivity index (χ0) is 75.3. The molecule has 9 aromatic rings. The van der Waals surface area contributed by atoms with Crippen LogP contribution in [0, 0.1) is 0 Å². The fraction of sp³-hybridized carbons (Fsp3) is 0.367. The molecule has 27 nitrogen and oxygen atoms in total. The van der Waals surface area contributed by atoms with E-state index in [9.17, 15) is 38.4 Å². The average molecular weight is 1450 g/mol. The van der Waals surface area contributed by atoms with E-state index in [-0.39, 0.29) is 116 Å². The number of unbranched alkanes of at least 4 members (excludes halogenated alkanes) is 3. The van der Waals surface area contributed by atoms with Gasteiger partial charge in [0, 0.05) is 43.9 Å². The van der Waals surface area contributed by atoms with Crippen LogP contribution in [-0.2, 0) is 71.8 Å². The molecule has 27 heteroatoms. The van der Waals surface area contributed by atoms with Gasteiger partial charge in [-0.1, -0.05) is 165 Å². The molecule has 3 aromatic heterocycles. The van der Waals surface area contributed by atoms with Gasteiger partial charge in [0.25, 0.3) is 0 Å². The number of esters is 3. The largest absolute Gasteiger partial charge is 0.465 e. The minimum Gasteiger partial charge on any atom is -0.465 e. The Hall–Kier alpha value is -11.7. The predicted molar refractivity (Wildman–Crippen MR) is 387 cm³/mol. The number of carbonyl (C=O) groups excluding carboxylic acids is 8. The molecule has 0 spiro atoms. The number of hydrogen-bond donors (Lipinski definition) is 6. The molecule has 554 valence electrons. The zero-order valence-corrected chi connectivity index (χ0v) is 59.7. The number of primary amides is 3. The SMILES string of the molecule is CC(=O)N[C@@H](CCCCC(=O)OCC1c2ccccc2-c2ccccc21)c1nnc(CC(N)=O)o1.CC(C)(C)OC(=O)N[C@@H](CCCCC(=O)OCC1c2ccccc2-c2ccccc21)c1nnc(CC(N)=O)o1.NC(=O)Cc1nnc([C@@H](N)CCCCC(=O)OCC2c3ccccc3-c3ccccc32)o1. The summed E-state index contributed by atoms with van der Waals surface area (Å²) in [5.74, 6) is -1.72. The Labute approximate surface area is 612 Å². The first-order chi connectivity index (χ1) is 51.0. The van der Waals surface area contributed by atoms with E-state index in [1.807, 2.05) is 72.8 Å². The summed E-state index contributed by atoms with van der Waals surface area (Å²) < 4.78 is 38.6. The number of ether oxygens (including phenoxy) is 4. The third kappa shape index (κ3) is 21.2. The smallest absolute Gasteiger partial charge is 0.408 e. The van der Waals surface area contributed by atoms with Gasteiger partial charge in [0.2, 0.25) is 59.0 Å². The van der Waals surface area contributed by atoms with Gasteiger partial charge in [0.05, 0.1) is 6.04 Å². The second-order valence-electron chi connectivity index (χ2n) is 27.1. The lowest BCUT2D eigenvalue weighted by Gasteiger charge is -2.22. The van der Waals surface area contributed by atoms with Crippen molar-refractivity contribution < 1.29 is 70.6 Å². The summed E-state index contributed by atoms with van der Waals surface area (Å²) in [6.07, 6.45) is 4.84. The van der Waals surface area contributed by atoms with Crippen LogP contribution >= 0.6 is 0 Å². The van der Waals surface area contributed by atoms with E-state index in [1.165, 1.54) is 62.6 Å². The summed E-state index contributed by atoms with van der Waals surface area (Å²) >= 11 is 0. The number of aromatic nitrogens is 6. The van der Waals surface area contributed by atoms with E-state index in [1.54, 1.807) is 20.8 Å². The molecule has 3 atom stereocenters. The fourth-order valence-electron chi connectivity index (χ4n) is 13.2. The molecule has 0 radical (unpaired) electrons. The van der Waals surface area contributed by atoms with Crippen LogP contribution in [0.5, 0.6) is 0 Å². The lowest BCUT2D eigenvalue weighted by Crippen LogP contribution is -2.35. The van der Waals surface area contributed by atoms with E-state index in [0.29, 0.717) is 77.4 Å². The third-order valence-corrected chi connectivity index (χ3v) is 17.9. The highest BCUT2D eigenvalue weighted by molar-refractivity contribution is 5.82. The van der Waals surface area contributed by atoms with Crippen molar-refractivity contribution >= 4 is 47.6 Å². The Morgan fingerprint density at radius 1 is 0.406 bits per heavy atom. The van der Waals surface area contributed by atoms with Crippen molar-refractivity contribution in [2.24, 2.45) is 22.9 Å². The maximum Gasteiger partial charge on any atom is 0.408 e. The minimum atomic E-state index is -0.690. The van der Waals surface area contributed by atoms with Crippen LogP contribution in [0.3, 0.4) is 0 Å². The molecule has 0 bridgehead atoms. The highest BCUT2D eigenvalue weighted by Crippen LogP contribution is 2.47. The van der Waals surface area contributed by atoms with Crippen LogP contribution in [0.15, 0.2) is 159 Å². The van der Waals surface area contributed by atoms with Gasteiger partial charge in [-0.05, 0) is 126 Å². The molecule has 5 amide bonds. The number of benzene rings is 6. The maximum absolute atomic E-state index is 12.6. The number of fused-ring (bicyclic) bond motifs is 9. The van der Waals surface area contributed by atoms with Gasteiger partial charge in [-0.15, -0.1) is 30.6 Å². The lowest BCUT2D eigenvalue weighted by molar-refractivity contribution is -0.145. The van der Waals surface area contributed by atoms with Gasteiger partial charge in [0.1, 0.15) is 56.8 Å². The molecule has 0 saturated carbocycles. The number of hydrogen-bond acceptors (Lipinski definition) is 22. The third-order valence-electron chi connectivity index (χ3n) is 17.9. The normalized spacial score (nSPS) is 13.3. The standard InChI is InChI=1S/C29H34N4O6.C26H28N4O5.C24H26N4O4/c1-29(2,3)39-28(36)31-23(27-33-32-25(38-27)16-24(30)34)14-8-9-15-26(35)37-17-22-20-12-6-4-10-18(20)19-11-5-7-13-21(19)22;1-16(31)28-22(26-30-29-24(35-26)14-23(27)32)12-6-7-13-25(33)34-15-21-19-10-4-2-8-17(19)18-9-3-5-11-20(18)21;25-20(24-28-27-22(32-24)13-21(26)29)11-5-6-12-23(30)31-14-19-17-9-3-1-7-15(17)16-8-2-4-10-18(16)19/h4-7,10-13,22-23H,8-9,14-17H2,1-3H3,(H2,30,34)(H,31,36);2-5,8-11,21-22H,6-7,12-15H2,1H3,(H2,27,32)(H,28,31);1-4,7-10,19-20H,5-6,11-14,25H2,(H2,26,29)/t23-;22-;20-/m000/s1. The zero-order valence-electron chi connectivity index (χ0n) is 59.7. The molecule has 12 rings (SSSR count). The number of nitrogens with two attached hydrogens (primary N) is 4. The van der Waals surface area contributed by atoms with Crippen molar-refractivity contribution in [1.82, 2.24) is 41.2 Å². The summed E-state index contributed by atoms with van der Waals surface area (Å²) in [6, 6.07) is 47.7. The van der Waals surface area contributed by atoms with Crippen LogP contribution in [-0.4, -0.2) is 104 Å². The molecule has 3 heterocycles. The molecule has 0 fully saturated rings. The molecule has 6 aromatic carbocycles. The summed E-state index contributed by atoms with van der Waals surface area (Å²) in [5.41, 5.74) is 35.0. The Morgan fingerprint density at radius 3 is 0.991 bits per heavy atom. The van der Waals surface area contributed by atoms with Crippen molar-refractivity contribution in [3.8, 4) is 33.4 Å². The highest BCUT2D eigenvalue weighted by Gasteiger charge is 2.33. The van der Waals surface area contributed by atoms with E-state index >= 15 is 0 Å². The van der Waals surface area contributed by atoms with Crippen LogP contribution in [0.4, 0.5) is 4.79 Å². The molecular formula is C79H88N12O15. The Bertz CT molecular complexity index is 4420. The molecular weight excluding hydrogens is 1360 g/mol. The maximum atomic E-state index is 12.6. The second kappa shape index (κ2) is 36.6. The molecule has 0 unspecified atom stereocenters. The first-order valence-electron chi connectivity index (χ1n) is 35.4. The molecule has 10 N–H and O–H groups in total. The first-order valence-corrected chi connectivity index (χ1v) is 35.4. The molecule has 3 aliphatic rings. The minimum absolute atomic E-state index is 0.0101. The van der Waals surface area contributed by atoms with E-state index in [2.05, 4.69) is 114 Å². The van der Waals surface area contributed by atoms with Gasteiger partial charge < -0.3 is 65.8 Å². The highest BCUT2D eigenvalue weighted by atomic mass is 16.6. The summed E-state index contributed by atoms with van der Waals surface area (Å²) in [6.45, 7) is 7.57. The van der Waals surface area contributed by atoms with Crippen LogP contribution in [0.1, 0.15) is 209 Å². The van der Waals surface area contributed by atoms with E-state index in [4.69, 9.17) is 55.1 Å². The van der Waals surface area contributed by atoms with Crippen LogP contribution in [0.25, 0.3) is 33.4 Å². The van der Waals surface area contributed by atoms with Gasteiger partial charge >= 0.3 is 24.0 Å². The van der Waals surface area contributed by atoms with E-state index < -0.39 is 47.5 Å². The van der Waals surface area contributed by atoms with Crippen LogP contribution in [0.2, 0.25) is 0 Å². The Balaban J connectivity index is 0.000000171. The molecule has 0 saturated heterocycles. The van der Waals surface area contributed by atoms with Crippen molar-refractivity contribution in [1.29, 1.82) is 0 Å². The first kappa shape index (κ1) is 76.9. The van der Waals surface area contributed by atoms with Crippen LogP contribution < -0.4 is 33.6 Å². The number of nitrogens with one attached hydrogen (secondary N) is 2. The number of rotatable bonds is 32. The van der Waals surface area contributed by atoms with Gasteiger partial charge in [-0.3, -0.25) is 33.6 Å². The molecule has 3 aliphatic carbocycles. The molecule has 106 heavy (non-hydrogen) atoms. The second-order valence-corrected chi connectivity index (χ2v) is 27.1. The topological polar surface area (TPSA) is 418 Å². The van der Waals surface area contributed by atoms with Crippen molar-refractivity contribution in [2.75, 3.05) is 19.8 Å². The quantitative estimate of drug-likeness (QED) is 0.0130. The van der Waals surface area contributed by atoms with Gasteiger partial charge in [-0.2, -0.15) is 0 Å². The fourth-order valence-corrected chi connectivity index (χ4v) is 13.2. The van der Waals surface area contributed by atoms with Crippen molar-refractivity contribution in [3.05, 3.63) is 214 Å². The van der Waals surface area contributed by atoms with E-state index in [0.717, 1.165) is 11.1 Å². The van der Waals surface area contributed by atoms with Gasteiger partial charge in [-0.25, -0.2) is 4.79 Å². The lowest BCUT2D eigenvalue weighted by atomic mass is 9.98. The summed E-state index contributed by atoms with van der Waals surface area (Å²) in [5, 5.41) is 28.6. The predicted octanol–water partition coefficient (Wildman–Crippen LogP) is 10.8. The monoisotopic (exact) mass is 1440 g/mol. The number of carbonyl (C=O) groups is 8. The average Bonchev–Trinajstić information content (AvgIpc) is 1.63. The number of amides is 5. The number of alkyl carbamates (subject to hydrolysis) is 1. The summed E-state index contributed by atoms with van der Waals surface area (Å²) in [4.78, 5) is 94.4. The van der Waals surface area contributed by atoms with Gasteiger partial charge in [0.15, 0.2) is 0 Å².